The van der Waals surface area contributed by atoms with Gasteiger partial charge in [0, 0.05) is 19.5 Å². The van der Waals surface area contributed by atoms with Crippen molar-refractivity contribution in [2.75, 3.05) is 13.1 Å². The topological polar surface area (TPSA) is 57.6 Å². The fourth-order valence-electron chi connectivity index (χ4n) is 4.03. The van der Waals surface area contributed by atoms with Gasteiger partial charge in [-0.25, -0.2) is 0 Å². The first-order valence-electron chi connectivity index (χ1n) is 8.68. The van der Waals surface area contributed by atoms with Gasteiger partial charge in [0.2, 0.25) is 5.91 Å². The van der Waals surface area contributed by atoms with Gasteiger partial charge >= 0.3 is 5.97 Å². The second-order valence-corrected chi connectivity index (χ2v) is 6.99. The third-order valence-corrected chi connectivity index (χ3v) is 5.52. The number of benzene rings is 1. The van der Waals surface area contributed by atoms with E-state index in [0.29, 0.717) is 12.3 Å². The number of nitrogens with zero attached hydrogens (tertiary/aromatic N) is 1. The van der Waals surface area contributed by atoms with Crippen LogP contribution in [0.15, 0.2) is 30.3 Å². The number of hydrogen-bond acceptors (Lipinski definition) is 2. The number of carbonyl (C=O) groups is 2. The molecule has 1 atom stereocenters. The van der Waals surface area contributed by atoms with Crippen molar-refractivity contribution >= 4 is 11.9 Å². The Kier molecular flexibility index (Phi) is 4.69. The highest BCUT2D eigenvalue weighted by Crippen LogP contribution is 2.45. The lowest BCUT2D eigenvalue weighted by Crippen LogP contribution is -2.53. The molecular formula is C19H25NO3. The Balaban J connectivity index is 1.70. The van der Waals surface area contributed by atoms with Crippen LogP contribution in [0, 0.1) is 5.92 Å². The van der Waals surface area contributed by atoms with Crippen LogP contribution in [0.4, 0.5) is 0 Å². The van der Waals surface area contributed by atoms with Gasteiger partial charge in [0.25, 0.3) is 0 Å². The van der Waals surface area contributed by atoms with Crippen LogP contribution in [0.3, 0.4) is 0 Å². The SMILES string of the molecule is O=C(O)CCC1CCCN(C(=O)C2(c3ccccc3)CCC2)C1. The molecule has 1 saturated carbocycles. The lowest BCUT2D eigenvalue weighted by atomic mass is 9.63. The molecule has 0 aromatic heterocycles. The summed E-state index contributed by atoms with van der Waals surface area (Å²) in [5, 5.41) is 8.86. The number of carboxylic acids is 1. The van der Waals surface area contributed by atoms with Crippen LogP contribution in [-0.4, -0.2) is 35.0 Å². The molecular weight excluding hydrogens is 290 g/mol. The average molecular weight is 315 g/mol. The molecule has 2 aliphatic rings. The summed E-state index contributed by atoms with van der Waals surface area (Å²) in [5.41, 5.74) is 0.819. The largest absolute Gasteiger partial charge is 0.481 e. The second kappa shape index (κ2) is 6.73. The Labute approximate surface area is 137 Å². The molecule has 1 aliphatic carbocycles. The van der Waals surface area contributed by atoms with Crippen LogP contribution in [0.1, 0.15) is 50.5 Å². The van der Waals surface area contributed by atoms with Gasteiger partial charge in [0.05, 0.1) is 5.41 Å². The first kappa shape index (κ1) is 16.0. The zero-order valence-corrected chi connectivity index (χ0v) is 13.5. The molecule has 1 heterocycles. The smallest absolute Gasteiger partial charge is 0.303 e. The van der Waals surface area contributed by atoms with Crippen molar-refractivity contribution in [3.63, 3.8) is 0 Å². The molecule has 1 amide bonds. The van der Waals surface area contributed by atoms with Gasteiger partial charge in [-0.1, -0.05) is 36.8 Å². The molecule has 0 radical (unpaired) electrons. The minimum atomic E-state index is -0.742. The molecule has 1 N–H and O–H groups in total. The third kappa shape index (κ3) is 3.26. The standard InChI is InChI=1S/C19H25NO3/c21-17(22)10-9-15-6-4-13-20(14-15)18(23)19(11-5-12-19)16-7-2-1-3-8-16/h1-3,7-8,15H,4-6,9-14H2,(H,21,22). The van der Waals surface area contributed by atoms with E-state index < -0.39 is 5.97 Å². The van der Waals surface area contributed by atoms with Gasteiger partial charge in [0.1, 0.15) is 0 Å². The van der Waals surface area contributed by atoms with Gasteiger partial charge in [-0.3, -0.25) is 9.59 Å². The summed E-state index contributed by atoms with van der Waals surface area (Å²) < 4.78 is 0. The molecule has 0 spiro atoms. The Morgan fingerprint density at radius 1 is 1.17 bits per heavy atom. The van der Waals surface area contributed by atoms with E-state index in [0.717, 1.165) is 50.8 Å². The van der Waals surface area contributed by atoms with Gasteiger partial charge in [-0.2, -0.15) is 0 Å². The lowest BCUT2D eigenvalue weighted by Gasteiger charge is -2.46. The summed E-state index contributed by atoms with van der Waals surface area (Å²) >= 11 is 0. The maximum atomic E-state index is 13.2. The van der Waals surface area contributed by atoms with Crippen LogP contribution in [-0.2, 0) is 15.0 Å². The normalized spacial score (nSPS) is 23.1. The van der Waals surface area contributed by atoms with Crippen molar-refractivity contribution in [3.05, 3.63) is 35.9 Å². The summed E-state index contributed by atoms with van der Waals surface area (Å²) in [5.74, 6) is -0.153. The van der Waals surface area contributed by atoms with Gasteiger partial charge < -0.3 is 10.0 Å². The van der Waals surface area contributed by atoms with Crippen molar-refractivity contribution in [1.29, 1.82) is 0 Å². The summed E-state index contributed by atoms with van der Waals surface area (Å²) in [4.78, 5) is 26.0. The van der Waals surface area contributed by atoms with Gasteiger partial charge in [-0.05, 0) is 43.6 Å². The van der Waals surface area contributed by atoms with Gasteiger partial charge in [0.15, 0.2) is 0 Å². The summed E-state index contributed by atoms with van der Waals surface area (Å²) in [6.45, 7) is 1.54. The van der Waals surface area contributed by atoms with E-state index in [1.807, 2.05) is 23.1 Å². The predicted molar refractivity (Wildman–Crippen MR) is 88.1 cm³/mol. The molecule has 1 saturated heterocycles. The van der Waals surface area contributed by atoms with E-state index in [-0.39, 0.29) is 17.7 Å². The van der Waals surface area contributed by atoms with Crippen molar-refractivity contribution in [1.82, 2.24) is 4.90 Å². The Morgan fingerprint density at radius 2 is 1.91 bits per heavy atom. The maximum absolute atomic E-state index is 13.2. The molecule has 4 heteroatoms. The van der Waals surface area contributed by atoms with E-state index >= 15 is 0 Å². The Hall–Kier alpha value is -1.84. The lowest BCUT2D eigenvalue weighted by molar-refractivity contribution is -0.143. The molecule has 124 valence electrons. The predicted octanol–water partition coefficient (Wildman–Crippen LogP) is 3.21. The first-order chi connectivity index (χ1) is 11.1. The number of amides is 1. The fraction of sp³-hybridized carbons (Fsp3) is 0.579. The molecule has 4 nitrogen and oxygen atoms in total. The third-order valence-electron chi connectivity index (χ3n) is 5.52. The molecule has 2 fully saturated rings. The molecule has 23 heavy (non-hydrogen) atoms. The molecule has 1 aromatic rings. The van der Waals surface area contributed by atoms with Gasteiger partial charge in [-0.15, -0.1) is 0 Å². The van der Waals surface area contributed by atoms with E-state index in [4.69, 9.17) is 5.11 Å². The number of piperidine rings is 1. The van der Waals surface area contributed by atoms with Crippen LogP contribution in [0.25, 0.3) is 0 Å². The van der Waals surface area contributed by atoms with E-state index in [1.54, 1.807) is 0 Å². The summed E-state index contributed by atoms with van der Waals surface area (Å²) in [6, 6.07) is 10.2. The number of carboxylic acid groups (broad SMARTS) is 1. The van der Waals surface area contributed by atoms with Crippen molar-refractivity contribution in [2.24, 2.45) is 5.92 Å². The van der Waals surface area contributed by atoms with Crippen LogP contribution in [0.5, 0.6) is 0 Å². The maximum Gasteiger partial charge on any atom is 0.303 e. The average Bonchev–Trinajstić information content (AvgIpc) is 2.53. The van der Waals surface area contributed by atoms with E-state index in [2.05, 4.69) is 12.1 Å². The summed E-state index contributed by atoms with van der Waals surface area (Å²) in [7, 11) is 0. The fourth-order valence-corrected chi connectivity index (χ4v) is 4.03. The number of rotatable bonds is 5. The molecule has 3 rings (SSSR count). The minimum absolute atomic E-state index is 0.205. The molecule has 1 aliphatic heterocycles. The highest BCUT2D eigenvalue weighted by molar-refractivity contribution is 5.89. The van der Waals surface area contributed by atoms with Crippen molar-refractivity contribution in [3.8, 4) is 0 Å². The zero-order valence-electron chi connectivity index (χ0n) is 13.5. The van der Waals surface area contributed by atoms with Crippen LogP contribution < -0.4 is 0 Å². The van der Waals surface area contributed by atoms with Crippen molar-refractivity contribution in [2.45, 2.75) is 50.4 Å². The monoisotopic (exact) mass is 315 g/mol. The quantitative estimate of drug-likeness (QED) is 0.907. The molecule has 1 unspecified atom stereocenters. The number of hydrogen-bond donors (Lipinski definition) is 1. The van der Waals surface area contributed by atoms with Crippen molar-refractivity contribution < 1.29 is 14.7 Å². The zero-order chi connectivity index (χ0) is 16.3. The van der Waals surface area contributed by atoms with E-state index in [9.17, 15) is 9.59 Å². The number of aliphatic carboxylic acids is 1. The molecule has 0 bridgehead atoms. The highest BCUT2D eigenvalue weighted by Gasteiger charge is 2.48. The Bertz CT molecular complexity index is 565. The number of carbonyl (C=O) groups excluding carboxylic acids is 1. The molecule has 1 aromatic carbocycles. The minimum Gasteiger partial charge on any atom is -0.481 e. The Morgan fingerprint density at radius 3 is 2.52 bits per heavy atom. The van der Waals surface area contributed by atoms with Crippen LogP contribution >= 0.6 is 0 Å². The van der Waals surface area contributed by atoms with Crippen LogP contribution in [0.2, 0.25) is 0 Å². The van der Waals surface area contributed by atoms with E-state index in [1.165, 1.54) is 0 Å². The number of likely N-dealkylation sites (tertiary alicyclic amines) is 1. The first-order valence-corrected chi connectivity index (χ1v) is 8.68. The highest BCUT2D eigenvalue weighted by atomic mass is 16.4. The second-order valence-electron chi connectivity index (χ2n) is 6.99. The summed E-state index contributed by atoms with van der Waals surface area (Å²) in [6.07, 6.45) is 5.89.